The summed E-state index contributed by atoms with van der Waals surface area (Å²) < 4.78 is 0. The second kappa shape index (κ2) is 15.0. The Kier molecular flexibility index (Phi) is 12.9. The number of carbonyl (C=O) groups excluding carboxylic acids is 3. The molecule has 0 spiro atoms. The quantitative estimate of drug-likeness (QED) is 0.135. The van der Waals surface area contributed by atoms with Gasteiger partial charge in [0, 0.05) is 6.42 Å². The van der Waals surface area contributed by atoms with Crippen LogP contribution in [0.3, 0.4) is 0 Å². The van der Waals surface area contributed by atoms with Crippen molar-refractivity contribution in [2.45, 2.75) is 76.7 Å². The van der Waals surface area contributed by atoms with Crippen LogP contribution in [0.5, 0.6) is 5.75 Å². The fourth-order valence-corrected chi connectivity index (χ4v) is 3.41. The van der Waals surface area contributed by atoms with Gasteiger partial charge in [0.2, 0.25) is 17.7 Å². The summed E-state index contributed by atoms with van der Waals surface area (Å²) in [5, 5.41) is 36.3. The third kappa shape index (κ3) is 10.2. The largest absolute Gasteiger partial charge is 0.508 e. The van der Waals surface area contributed by atoms with Crippen LogP contribution in [0, 0.1) is 5.92 Å². The summed E-state index contributed by atoms with van der Waals surface area (Å²) in [5.74, 6) is -3.91. The molecule has 0 aliphatic rings. The first kappa shape index (κ1) is 30.8. The van der Waals surface area contributed by atoms with Gasteiger partial charge in [-0.2, -0.15) is 0 Å². The number of phenolic OH excluding ortho intramolecular Hbond substituents is 1. The molecule has 36 heavy (non-hydrogen) atoms. The highest BCUT2D eigenvalue weighted by atomic mass is 16.4. The number of benzene rings is 1. The van der Waals surface area contributed by atoms with Crippen molar-refractivity contribution < 1.29 is 34.5 Å². The fourth-order valence-electron chi connectivity index (χ4n) is 3.41. The number of nitrogens with one attached hydrogen (secondary N) is 3. The minimum atomic E-state index is -1.48. The monoisotopic (exact) mass is 509 g/mol. The number of aliphatic hydroxyl groups is 1. The summed E-state index contributed by atoms with van der Waals surface area (Å²) in [6, 6.07) is 1.24. The molecule has 1 aromatic rings. The molecule has 0 heterocycles. The highest BCUT2D eigenvalue weighted by molar-refractivity contribution is 5.94. The summed E-state index contributed by atoms with van der Waals surface area (Å²) in [6.45, 7) is 4.95. The molecule has 3 amide bonds. The lowest BCUT2D eigenvalue weighted by Gasteiger charge is -2.27. The number of rotatable bonds is 15. The van der Waals surface area contributed by atoms with E-state index in [9.17, 15) is 34.5 Å². The third-order valence-electron chi connectivity index (χ3n) is 5.61. The molecule has 10 N–H and O–H groups in total. The van der Waals surface area contributed by atoms with Crippen LogP contribution in [0.4, 0.5) is 0 Å². The third-order valence-corrected chi connectivity index (χ3v) is 5.61. The van der Waals surface area contributed by atoms with Crippen LogP contribution in [0.1, 0.15) is 45.6 Å². The normalized spacial score (nSPS) is 15.3. The molecule has 0 radical (unpaired) electrons. The lowest BCUT2D eigenvalue weighted by atomic mass is 10.0. The first-order chi connectivity index (χ1) is 16.9. The Balaban J connectivity index is 3.07. The van der Waals surface area contributed by atoms with E-state index >= 15 is 0 Å². The number of phenols is 1. The average molecular weight is 510 g/mol. The Hall–Kier alpha value is -3.22. The van der Waals surface area contributed by atoms with Crippen LogP contribution in [0.25, 0.3) is 0 Å². The Bertz CT molecular complexity index is 876. The maximum absolute atomic E-state index is 13.2. The van der Waals surface area contributed by atoms with Crippen LogP contribution < -0.4 is 27.4 Å². The topological polar surface area (TPSA) is 217 Å². The van der Waals surface area contributed by atoms with E-state index in [1.807, 2.05) is 0 Å². The molecular formula is C24H39N5O7. The lowest BCUT2D eigenvalue weighted by molar-refractivity contribution is -0.144. The van der Waals surface area contributed by atoms with Crippen molar-refractivity contribution in [1.29, 1.82) is 0 Å². The van der Waals surface area contributed by atoms with Crippen molar-refractivity contribution in [2.24, 2.45) is 17.4 Å². The van der Waals surface area contributed by atoms with Gasteiger partial charge >= 0.3 is 5.97 Å². The molecule has 0 bridgehead atoms. The Morgan fingerprint density at radius 2 is 1.47 bits per heavy atom. The van der Waals surface area contributed by atoms with Crippen molar-refractivity contribution in [1.82, 2.24) is 16.0 Å². The summed E-state index contributed by atoms with van der Waals surface area (Å²) in [5.41, 5.74) is 12.0. The van der Waals surface area contributed by atoms with Crippen molar-refractivity contribution in [3.63, 3.8) is 0 Å². The molecule has 0 fully saturated rings. The molecule has 12 nitrogen and oxygen atoms in total. The SMILES string of the molecule is CC(C)C(NC(=O)C(NC(=O)C(Cc1ccc(O)cc1)NC(=O)C(N)CCCCN)C(C)O)C(=O)O. The van der Waals surface area contributed by atoms with Gasteiger partial charge in [0.05, 0.1) is 12.1 Å². The van der Waals surface area contributed by atoms with Crippen molar-refractivity contribution >= 4 is 23.7 Å². The Labute approximate surface area is 210 Å². The standard InChI is InChI=1S/C24H39N5O7/c1-13(2)19(24(35)36)28-23(34)20(14(3)30)29-22(33)18(12-15-7-9-16(31)10-8-15)27-21(32)17(26)6-4-5-11-25/h7-10,13-14,17-20,30-31H,4-6,11-12,25-26H2,1-3H3,(H,27,32)(H,28,34)(H,29,33)(H,35,36). The van der Waals surface area contributed by atoms with Crippen LogP contribution in [0.15, 0.2) is 24.3 Å². The molecule has 12 heteroatoms. The summed E-state index contributed by atoms with van der Waals surface area (Å²) in [7, 11) is 0. The molecule has 1 aromatic carbocycles. The number of carboxylic acid groups (broad SMARTS) is 1. The molecule has 0 aromatic heterocycles. The van der Waals surface area contributed by atoms with Crippen LogP contribution >= 0.6 is 0 Å². The zero-order valence-electron chi connectivity index (χ0n) is 20.9. The predicted molar refractivity (Wildman–Crippen MR) is 133 cm³/mol. The number of amides is 3. The van der Waals surface area contributed by atoms with E-state index in [4.69, 9.17) is 11.5 Å². The molecule has 5 atom stereocenters. The molecule has 0 aliphatic heterocycles. The number of unbranched alkanes of at least 4 members (excludes halogenated alkanes) is 1. The molecule has 202 valence electrons. The second-order valence-electron chi connectivity index (χ2n) is 9.12. The fraction of sp³-hybridized carbons (Fsp3) is 0.583. The van der Waals surface area contributed by atoms with Gasteiger partial charge < -0.3 is 42.7 Å². The van der Waals surface area contributed by atoms with E-state index in [1.165, 1.54) is 19.1 Å². The molecule has 0 saturated carbocycles. The smallest absolute Gasteiger partial charge is 0.326 e. The van der Waals surface area contributed by atoms with Crippen molar-refractivity contribution in [3.05, 3.63) is 29.8 Å². The summed E-state index contributed by atoms with van der Waals surface area (Å²) in [6.07, 6.45) is 0.327. The predicted octanol–water partition coefficient (Wildman–Crippen LogP) is -1.03. The van der Waals surface area contributed by atoms with E-state index in [0.717, 1.165) is 0 Å². The number of hydrogen-bond acceptors (Lipinski definition) is 8. The summed E-state index contributed by atoms with van der Waals surface area (Å²) in [4.78, 5) is 50.0. The average Bonchev–Trinajstić information content (AvgIpc) is 2.80. The summed E-state index contributed by atoms with van der Waals surface area (Å²) >= 11 is 0. The van der Waals surface area contributed by atoms with Gasteiger partial charge in [0.1, 0.15) is 23.9 Å². The van der Waals surface area contributed by atoms with Gasteiger partial charge in [-0.15, -0.1) is 0 Å². The van der Waals surface area contributed by atoms with Crippen molar-refractivity contribution in [3.8, 4) is 5.75 Å². The van der Waals surface area contributed by atoms with E-state index in [2.05, 4.69) is 16.0 Å². The molecule has 0 aliphatic carbocycles. The van der Waals surface area contributed by atoms with E-state index in [-0.39, 0.29) is 12.2 Å². The lowest BCUT2D eigenvalue weighted by Crippen LogP contribution is -2.60. The zero-order chi connectivity index (χ0) is 27.4. The number of aromatic hydroxyl groups is 1. The minimum absolute atomic E-state index is 0.00523. The number of carboxylic acids is 1. The zero-order valence-corrected chi connectivity index (χ0v) is 20.9. The number of aliphatic carboxylic acids is 1. The van der Waals surface area contributed by atoms with Gasteiger partial charge in [-0.05, 0) is 49.9 Å². The van der Waals surface area contributed by atoms with Crippen molar-refractivity contribution in [2.75, 3.05) is 6.54 Å². The van der Waals surface area contributed by atoms with Crippen LogP contribution in [-0.2, 0) is 25.6 Å². The van der Waals surface area contributed by atoms with E-state index in [0.29, 0.717) is 31.4 Å². The minimum Gasteiger partial charge on any atom is -0.508 e. The van der Waals surface area contributed by atoms with Gasteiger partial charge in [-0.3, -0.25) is 14.4 Å². The number of carbonyl (C=O) groups is 4. The van der Waals surface area contributed by atoms with E-state index < -0.39 is 59.9 Å². The highest BCUT2D eigenvalue weighted by Gasteiger charge is 2.33. The first-order valence-corrected chi connectivity index (χ1v) is 11.9. The number of aliphatic hydroxyl groups excluding tert-OH is 1. The molecule has 0 saturated heterocycles. The van der Waals surface area contributed by atoms with Gasteiger partial charge in [-0.1, -0.05) is 32.4 Å². The number of hydrogen-bond donors (Lipinski definition) is 8. The van der Waals surface area contributed by atoms with Gasteiger partial charge in [-0.25, -0.2) is 4.79 Å². The maximum Gasteiger partial charge on any atom is 0.326 e. The molecule has 5 unspecified atom stereocenters. The second-order valence-corrected chi connectivity index (χ2v) is 9.12. The first-order valence-electron chi connectivity index (χ1n) is 11.9. The number of nitrogens with two attached hydrogens (primary N) is 2. The van der Waals surface area contributed by atoms with Crippen LogP contribution in [-0.4, -0.2) is 75.8 Å². The Morgan fingerprint density at radius 1 is 0.889 bits per heavy atom. The highest BCUT2D eigenvalue weighted by Crippen LogP contribution is 2.12. The Morgan fingerprint density at radius 3 is 1.97 bits per heavy atom. The molecule has 1 rings (SSSR count). The van der Waals surface area contributed by atoms with E-state index in [1.54, 1.807) is 26.0 Å². The molecular weight excluding hydrogens is 470 g/mol. The van der Waals surface area contributed by atoms with Gasteiger partial charge in [0.25, 0.3) is 0 Å². The van der Waals surface area contributed by atoms with Crippen LogP contribution in [0.2, 0.25) is 0 Å². The van der Waals surface area contributed by atoms with Gasteiger partial charge in [0.15, 0.2) is 0 Å². The maximum atomic E-state index is 13.2.